The standard InChI is InChI=1S/C29H33BrN2O5/c1-4-5-6-7-19(2)25-22(18-32-12-14-36-15-13-32)27(33)28(34)26-23(35-3)16-31-17-24(26)37-29(25,28)20-8-10-21(30)11-9-20/h4-11,16-17,22,25,27,33-34H,2,12-15,18H2,1,3H3/b5-4-,7-6-/t22-,25-,27-,28+,29+/m1/s1. The van der Waals surface area contributed by atoms with Gasteiger partial charge in [0.15, 0.2) is 11.2 Å². The fourth-order valence-corrected chi connectivity index (χ4v) is 6.57. The highest BCUT2D eigenvalue weighted by Gasteiger charge is 2.76. The molecule has 2 fully saturated rings. The Morgan fingerprint density at radius 3 is 2.65 bits per heavy atom. The lowest BCUT2D eigenvalue weighted by Crippen LogP contribution is -2.52. The molecule has 1 saturated heterocycles. The minimum Gasteiger partial charge on any atom is -0.495 e. The number of morpholine rings is 1. The van der Waals surface area contributed by atoms with Crippen LogP contribution in [0.25, 0.3) is 0 Å². The molecule has 5 rings (SSSR count). The van der Waals surface area contributed by atoms with Crippen molar-refractivity contribution in [2.24, 2.45) is 11.8 Å². The molecule has 3 aliphatic rings. The van der Waals surface area contributed by atoms with Gasteiger partial charge in [0, 0.05) is 35.9 Å². The van der Waals surface area contributed by atoms with Crippen LogP contribution in [-0.4, -0.2) is 66.2 Å². The number of aromatic nitrogens is 1. The van der Waals surface area contributed by atoms with Gasteiger partial charge in [-0.1, -0.05) is 58.9 Å². The van der Waals surface area contributed by atoms with E-state index in [1.807, 2.05) is 55.5 Å². The number of aliphatic hydroxyl groups excluding tert-OH is 1. The van der Waals surface area contributed by atoms with Gasteiger partial charge in [-0.25, -0.2) is 0 Å². The highest BCUT2D eigenvalue weighted by molar-refractivity contribution is 9.10. The number of fused-ring (bicyclic) bond motifs is 3. The van der Waals surface area contributed by atoms with Crippen LogP contribution in [0.5, 0.6) is 11.5 Å². The van der Waals surface area contributed by atoms with Gasteiger partial charge in [0.05, 0.1) is 44.4 Å². The number of pyridine rings is 1. The van der Waals surface area contributed by atoms with Gasteiger partial charge in [-0.2, -0.15) is 0 Å². The molecule has 196 valence electrons. The predicted molar refractivity (Wildman–Crippen MR) is 144 cm³/mol. The van der Waals surface area contributed by atoms with E-state index in [0.29, 0.717) is 36.8 Å². The number of aliphatic hydroxyl groups is 2. The molecule has 1 saturated carbocycles. The number of hydrogen-bond donors (Lipinski definition) is 2. The number of methoxy groups -OCH3 is 1. The SMILES string of the molecule is C=C(/C=C\C=C/C)[C@@H]1[C@@H](CN2CCOCC2)[C@@H](O)[C@@]2(O)c3c(OC)cncc3O[C@@]12c1ccc(Br)cc1. The van der Waals surface area contributed by atoms with Crippen LogP contribution in [0.2, 0.25) is 0 Å². The van der Waals surface area contributed by atoms with Gasteiger partial charge in [-0.15, -0.1) is 0 Å². The lowest BCUT2D eigenvalue weighted by atomic mass is 9.70. The van der Waals surface area contributed by atoms with Gasteiger partial charge in [0.1, 0.15) is 11.5 Å². The van der Waals surface area contributed by atoms with Crippen LogP contribution < -0.4 is 9.47 Å². The Morgan fingerprint density at radius 2 is 1.97 bits per heavy atom. The zero-order valence-corrected chi connectivity index (χ0v) is 22.7. The maximum atomic E-state index is 12.8. The number of benzene rings is 1. The van der Waals surface area contributed by atoms with E-state index < -0.39 is 23.2 Å². The molecular weight excluding hydrogens is 536 g/mol. The van der Waals surface area contributed by atoms with Crippen molar-refractivity contribution in [2.45, 2.75) is 24.2 Å². The lowest BCUT2D eigenvalue weighted by Gasteiger charge is -2.41. The summed E-state index contributed by atoms with van der Waals surface area (Å²) in [5, 5.41) is 24.9. The molecule has 0 spiro atoms. The molecule has 0 radical (unpaired) electrons. The van der Waals surface area contributed by atoms with Gasteiger partial charge in [0.25, 0.3) is 0 Å². The Labute approximate surface area is 226 Å². The van der Waals surface area contributed by atoms with E-state index in [0.717, 1.165) is 28.7 Å². The van der Waals surface area contributed by atoms with Crippen molar-refractivity contribution >= 4 is 15.9 Å². The summed E-state index contributed by atoms with van der Waals surface area (Å²) in [6.07, 6.45) is 9.70. The zero-order chi connectivity index (χ0) is 26.2. The topological polar surface area (TPSA) is 84.3 Å². The van der Waals surface area contributed by atoms with E-state index >= 15 is 0 Å². The Bertz CT molecular complexity index is 1210. The Morgan fingerprint density at radius 1 is 1.24 bits per heavy atom. The summed E-state index contributed by atoms with van der Waals surface area (Å²) in [5.41, 5.74) is -1.26. The van der Waals surface area contributed by atoms with Crippen LogP contribution in [0.1, 0.15) is 18.1 Å². The largest absolute Gasteiger partial charge is 0.495 e. The van der Waals surface area contributed by atoms with E-state index in [1.165, 1.54) is 7.11 Å². The monoisotopic (exact) mass is 568 g/mol. The molecule has 5 atom stereocenters. The van der Waals surface area contributed by atoms with Crippen LogP contribution in [0, 0.1) is 11.8 Å². The van der Waals surface area contributed by atoms with Crippen LogP contribution in [-0.2, 0) is 15.9 Å². The second-order valence-electron chi connectivity index (χ2n) is 9.79. The molecule has 8 heteroatoms. The summed E-state index contributed by atoms with van der Waals surface area (Å²) in [6.45, 7) is 9.73. The third-order valence-corrected chi connectivity index (χ3v) is 8.40. The van der Waals surface area contributed by atoms with Gasteiger partial charge in [-0.3, -0.25) is 9.88 Å². The first-order valence-electron chi connectivity index (χ1n) is 12.5. The second kappa shape index (κ2) is 10.3. The van der Waals surface area contributed by atoms with E-state index in [-0.39, 0.29) is 5.92 Å². The molecule has 1 aliphatic carbocycles. The van der Waals surface area contributed by atoms with Crippen molar-refractivity contribution in [3.63, 3.8) is 0 Å². The molecule has 1 aromatic heterocycles. The second-order valence-corrected chi connectivity index (χ2v) is 10.7. The summed E-state index contributed by atoms with van der Waals surface area (Å²) in [7, 11) is 1.53. The first kappa shape index (κ1) is 26.1. The van der Waals surface area contributed by atoms with Gasteiger partial charge < -0.3 is 24.4 Å². The number of ether oxygens (including phenoxy) is 3. The molecule has 3 heterocycles. The van der Waals surface area contributed by atoms with Gasteiger partial charge in [0.2, 0.25) is 0 Å². The molecule has 2 aliphatic heterocycles. The molecule has 2 aromatic rings. The smallest absolute Gasteiger partial charge is 0.177 e. The van der Waals surface area contributed by atoms with Crippen molar-refractivity contribution in [3.05, 3.63) is 88.7 Å². The lowest BCUT2D eigenvalue weighted by molar-refractivity contribution is -0.155. The predicted octanol–water partition coefficient (Wildman–Crippen LogP) is 3.96. The Hall–Kier alpha value is -2.49. The van der Waals surface area contributed by atoms with Crippen LogP contribution in [0.4, 0.5) is 0 Å². The summed E-state index contributed by atoms with van der Waals surface area (Å²) in [5.74, 6) is -0.0848. The fraction of sp³-hybridized carbons (Fsp3) is 0.414. The maximum absolute atomic E-state index is 12.8. The van der Waals surface area contributed by atoms with Crippen molar-refractivity contribution in [1.82, 2.24) is 9.88 Å². The summed E-state index contributed by atoms with van der Waals surface area (Å²) in [6, 6.07) is 7.70. The van der Waals surface area contributed by atoms with Crippen molar-refractivity contribution in [2.75, 3.05) is 40.0 Å². The first-order valence-corrected chi connectivity index (χ1v) is 13.3. The minimum atomic E-state index is -1.82. The van der Waals surface area contributed by atoms with Crippen molar-refractivity contribution in [3.8, 4) is 11.5 Å². The average molecular weight is 569 g/mol. The third kappa shape index (κ3) is 4.06. The average Bonchev–Trinajstić information content (AvgIpc) is 3.28. The minimum absolute atomic E-state index is 0.374. The molecule has 1 aromatic carbocycles. The Kier molecular flexibility index (Phi) is 7.31. The number of nitrogens with zero attached hydrogens (tertiary/aromatic N) is 2. The Balaban J connectivity index is 1.74. The summed E-state index contributed by atoms with van der Waals surface area (Å²) in [4.78, 5) is 6.55. The highest BCUT2D eigenvalue weighted by atomic mass is 79.9. The molecule has 0 bridgehead atoms. The van der Waals surface area contributed by atoms with Crippen LogP contribution in [0.3, 0.4) is 0 Å². The zero-order valence-electron chi connectivity index (χ0n) is 21.1. The highest BCUT2D eigenvalue weighted by Crippen LogP contribution is 2.68. The summed E-state index contributed by atoms with van der Waals surface area (Å²) < 4.78 is 18.9. The number of hydrogen-bond acceptors (Lipinski definition) is 7. The van der Waals surface area contributed by atoms with Crippen molar-refractivity contribution in [1.29, 1.82) is 0 Å². The van der Waals surface area contributed by atoms with Gasteiger partial charge >= 0.3 is 0 Å². The van der Waals surface area contributed by atoms with Gasteiger partial charge in [-0.05, 0) is 30.2 Å². The van der Waals surface area contributed by atoms with E-state index in [4.69, 9.17) is 14.2 Å². The third-order valence-electron chi connectivity index (χ3n) is 7.87. The fourth-order valence-electron chi connectivity index (χ4n) is 6.30. The van der Waals surface area contributed by atoms with Crippen molar-refractivity contribution < 1.29 is 24.4 Å². The maximum Gasteiger partial charge on any atom is 0.177 e. The van der Waals surface area contributed by atoms with Crippen LogP contribution in [0.15, 0.2) is 77.6 Å². The quantitative estimate of drug-likeness (QED) is 0.489. The molecule has 37 heavy (non-hydrogen) atoms. The van der Waals surface area contributed by atoms with E-state index in [2.05, 4.69) is 32.4 Å². The molecule has 2 N–H and O–H groups in total. The molecule has 0 amide bonds. The first-order chi connectivity index (χ1) is 17.9. The molecular formula is C29H33BrN2O5. The normalized spacial score (nSPS) is 31.4. The number of rotatable bonds is 7. The van der Waals surface area contributed by atoms with E-state index in [9.17, 15) is 10.2 Å². The van der Waals surface area contributed by atoms with E-state index in [1.54, 1.807) is 12.4 Å². The summed E-state index contributed by atoms with van der Waals surface area (Å²) >= 11 is 3.53. The number of allylic oxidation sites excluding steroid dienone is 4. The number of halogens is 1. The molecule has 0 unspecified atom stereocenters. The molecule has 7 nitrogen and oxygen atoms in total. The van der Waals surface area contributed by atoms with Crippen LogP contribution >= 0.6 is 15.9 Å².